The topological polar surface area (TPSA) is 48.1 Å². The quantitative estimate of drug-likeness (QED) is 0.756. The normalized spacial score (nSPS) is 19.2. The fourth-order valence-electron chi connectivity index (χ4n) is 1.28. The Kier molecular flexibility index (Phi) is 1.63. The zero-order valence-electron chi connectivity index (χ0n) is 7.26. The first-order valence-electron chi connectivity index (χ1n) is 3.96. The molecule has 0 aromatic carbocycles. The molecule has 3 nitrogen and oxygen atoms in total. The second kappa shape index (κ2) is 2.44. The van der Waals surface area contributed by atoms with Crippen LogP contribution in [0.1, 0.15) is 23.4 Å². The maximum Gasteiger partial charge on any atom is 0.273 e. The van der Waals surface area contributed by atoms with E-state index in [1.54, 1.807) is 18.4 Å². The largest absolute Gasteiger partial charge is 0.473 e. The number of nitrogens with two attached hydrogens (primary N) is 1. The van der Waals surface area contributed by atoms with Crippen molar-refractivity contribution in [2.75, 3.05) is 7.11 Å². The van der Waals surface area contributed by atoms with Crippen molar-refractivity contribution in [2.24, 2.45) is 5.73 Å². The van der Waals surface area contributed by atoms with Gasteiger partial charge in [0.1, 0.15) is 0 Å². The minimum atomic E-state index is -0.0709. The molecule has 0 bridgehead atoms. The SMILES string of the molecule is COc1nc(C)c(C2(N)CC2)s1. The molecule has 1 aromatic rings. The van der Waals surface area contributed by atoms with E-state index in [2.05, 4.69) is 4.98 Å². The van der Waals surface area contributed by atoms with Crippen molar-refractivity contribution < 1.29 is 4.74 Å². The van der Waals surface area contributed by atoms with Crippen molar-refractivity contribution in [3.05, 3.63) is 10.6 Å². The summed E-state index contributed by atoms with van der Waals surface area (Å²) in [5, 5.41) is 0.722. The Morgan fingerprint density at radius 3 is 2.67 bits per heavy atom. The molecule has 2 N–H and O–H groups in total. The third kappa shape index (κ3) is 1.11. The van der Waals surface area contributed by atoms with E-state index in [1.807, 2.05) is 6.92 Å². The molecule has 66 valence electrons. The highest BCUT2D eigenvalue weighted by Gasteiger charge is 2.43. The minimum absolute atomic E-state index is 0.0709. The number of thiazole rings is 1. The van der Waals surface area contributed by atoms with Gasteiger partial charge in [-0.3, -0.25) is 0 Å². The Balaban J connectivity index is 2.37. The standard InChI is InChI=1S/C8H12N2OS/c1-5-6(8(9)3-4-8)12-7(10-5)11-2/h3-4,9H2,1-2H3. The third-order valence-corrected chi connectivity index (χ3v) is 3.53. The van der Waals surface area contributed by atoms with E-state index in [0.29, 0.717) is 0 Å². The van der Waals surface area contributed by atoms with Gasteiger partial charge in [-0.2, -0.15) is 0 Å². The molecule has 1 heterocycles. The lowest BCUT2D eigenvalue weighted by Gasteiger charge is -2.04. The monoisotopic (exact) mass is 184 g/mol. The van der Waals surface area contributed by atoms with Crippen LogP contribution in [0.2, 0.25) is 0 Å². The molecule has 0 saturated heterocycles. The Morgan fingerprint density at radius 2 is 2.25 bits per heavy atom. The van der Waals surface area contributed by atoms with Crippen molar-refractivity contribution in [3.63, 3.8) is 0 Å². The lowest BCUT2D eigenvalue weighted by atomic mass is 10.2. The molecular formula is C8H12N2OS. The first-order chi connectivity index (χ1) is 5.65. The summed E-state index contributed by atoms with van der Waals surface area (Å²) in [5.41, 5.74) is 7.01. The van der Waals surface area contributed by atoms with Gasteiger partial charge in [0, 0.05) is 0 Å². The Labute approximate surface area is 75.6 Å². The number of aryl methyl sites for hydroxylation is 1. The minimum Gasteiger partial charge on any atom is -0.473 e. The third-order valence-electron chi connectivity index (χ3n) is 2.19. The zero-order valence-corrected chi connectivity index (χ0v) is 8.07. The summed E-state index contributed by atoms with van der Waals surface area (Å²) < 4.78 is 5.05. The molecular weight excluding hydrogens is 172 g/mol. The first kappa shape index (κ1) is 8.01. The Hall–Kier alpha value is -0.610. The molecule has 0 amide bonds. The maximum absolute atomic E-state index is 6.05. The van der Waals surface area contributed by atoms with Crippen molar-refractivity contribution in [1.82, 2.24) is 4.98 Å². The summed E-state index contributed by atoms with van der Waals surface area (Å²) in [6.07, 6.45) is 2.17. The van der Waals surface area contributed by atoms with Gasteiger partial charge in [0.15, 0.2) is 0 Å². The Bertz CT molecular complexity index is 304. The highest BCUT2D eigenvalue weighted by Crippen LogP contribution is 2.47. The van der Waals surface area contributed by atoms with E-state index >= 15 is 0 Å². The van der Waals surface area contributed by atoms with Gasteiger partial charge in [-0.15, -0.1) is 0 Å². The van der Waals surface area contributed by atoms with Crippen LogP contribution in [-0.4, -0.2) is 12.1 Å². The molecule has 1 aliphatic rings. The number of hydrogen-bond donors (Lipinski definition) is 1. The predicted octanol–water partition coefficient (Wildman–Crippen LogP) is 1.41. The molecule has 4 heteroatoms. The van der Waals surface area contributed by atoms with Crippen LogP contribution in [0.3, 0.4) is 0 Å². The number of methoxy groups -OCH3 is 1. The van der Waals surface area contributed by atoms with Crippen molar-refractivity contribution >= 4 is 11.3 Å². The van der Waals surface area contributed by atoms with Crippen molar-refractivity contribution in [2.45, 2.75) is 25.3 Å². The summed E-state index contributed by atoms with van der Waals surface area (Å²) in [5.74, 6) is 0. The molecule has 1 saturated carbocycles. The number of aromatic nitrogens is 1. The van der Waals surface area contributed by atoms with E-state index in [1.165, 1.54) is 4.88 Å². The summed E-state index contributed by atoms with van der Waals surface area (Å²) in [7, 11) is 1.64. The average molecular weight is 184 g/mol. The Morgan fingerprint density at radius 1 is 1.58 bits per heavy atom. The van der Waals surface area contributed by atoms with Crippen LogP contribution in [0, 0.1) is 6.92 Å². The van der Waals surface area contributed by atoms with Gasteiger partial charge in [0.05, 0.1) is 23.2 Å². The van der Waals surface area contributed by atoms with Gasteiger partial charge < -0.3 is 10.5 Å². The van der Waals surface area contributed by atoms with Crippen LogP contribution < -0.4 is 10.5 Å². The predicted molar refractivity (Wildman–Crippen MR) is 48.5 cm³/mol. The number of nitrogens with zero attached hydrogens (tertiary/aromatic N) is 1. The van der Waals surface area contributed by atoms with Crippen LogP contribution in [0.4, 0.5) is 0 Å². The molecule has 12 heavy (non-hydrogen) atoms. The first-order valence-corrected chi connectivity index (χ1v) is 4.78. The highest BCUT2D eigenvalue weighted by atomic mass is 32.1. The maximum atomic E-state index is 6.05. The number of hydrogen-bond acceptors (Lipinski definition) is 4. The fraction of sp³-hybridized carbons (Fsp3) is 0.625. The molecule has 0 aliphatic heterocycles. The van der Waals surface area contributed by atoms with E-state index in [0.717, 1.165) is 23.7 Å². The van der Waals surface area contributed by atoms with Crippen LogP contribution >= 0.6 is 11.3 Å². The van der Waals surface area contributed by atoms with Gasteiger partial charge in [0.2, 0.25) is 0 Å². The lowest BCUT2D eigenvalue weighted by Crippen LogP contribution is -2.18. The molecule has 0 atom stereocenters. The van der Waals surface area contributed by atoms with E-state index in [-0.39, 0.29) is 5.54 Å². The zero-order chi connectivity index (χ0) is 8.77. The molecule has 0 radical (unpaired) electrons. The molecule has 2 rings (SSSR count). The average Bonchev–Trinajstić information content (AvgIpc) is 2.64. The highest BCUT2D eigenvalue weighted by molar-refractivity contribution is 7.13. The van der Waals surface area contributed by atoms with E-state index < -0.39 is 0 Å². The number of rotatable bonds is 2. The van der Waals surface area contributed by atoms with Crippen LogP contribution in [-0.2, 0) is 5.54 Å². The smallest absolute Gasteiger partial charge is 0.273 e. The van der Waals surface area contributed by atoms with Crippen LogP contribution in [0.5, 0.6) is 5.19 Å². The summed E-state index contributed by atoms with van der Waals surface area (Å²) >= 11 is 1.57. The molecule has 0 unspecified atom stereocenters. The second-order valence-corrected chi connectivity index (χ2v) is 4.22. The van der Waals surface area contributed by atoms with Crippen molar-refractivity contribution in [1.29, 1.82) is 0 Å². The van der Waals surface area contributed by atoms with E-state index in [4.69, 9.17) is 10.5 Å². The molecule has 0 spiro atoms. The van der Waals surface area contributed by atoms with Crippen molar-refractivity contribution in [3.8, 4) is 5.19 Å². The summed E-state index contributed by atoms with van der Waals surface area (Å²) in [6, 6.07) is 0. The van der Waals surface area contributed by atoms with E-state index in [9.17, 15) is 0 Å². The van der Waals surface area contributed by atoms with Crippen LogP contribution in [0.25, 0.3) is 0 Å². The fourth-order valence-corrected chi connectivity index (χ4v) is 2.32. The molecule has 1 aliphatic carbocycles. The molecule has 1 fully saturated rings. The lowest BCUT2D eigenvalue weighted by molar-refractivity contribution is 0.411. The summed E-state index contributed by atoms with van der Waals surface area (Å²) in [4.78, 5) is 5.45. The van der Waals surface area contributed by atoms with Gasteiger partial charge in [-0.1, -0.05) is 11.3 Å². The number of ether oxygens (including phenoxy) is 1. The summed E-state index contributed by atoms with van der Waals surface area (Å²) in [6.45, 7) is 1.99. The van der Waals surface area contributed by atoms with Crippen LogP contribution in [0.15, 0.2) is 0 Å². The van der Waals surface area contributed by atoms with Gasteiger partial charge >= 0.3 is 0 Å². The van der Waals surface area contributed by atoms with Gasteiger partial charge in [-0.25, -0.2) is 4.98 Å². The van der Waals surface area contributed by atoms with Gasteiger partial charge in [0.25, 0.3) is 5.19 Å². The second-order valence-electron chi connectivity index (χ2n) is 3.25. The molecule has 1 aromatic heterocycles. The van der Waals surface area contributed by atoms with Gasteiger partial charge in [-0.05, 0) is 19.8 Å².